The van der Waals surface area contributed by atoms with Crippen LogP contribution in [-0.4, -0.2) is 31.6 Å². The Labute approximate surface area is 115 Å². The van der Waals surface area contributed by atoms with E-state index >= 15 is 0 Å². The third-order valence-electron chi connectivity index (χ3n) is 3.42. The van der Waals surface area contributed by atoms with Crippen molar-refractivity contribution in [3.05, 3.63) is 36.1 Å². The molecule has 2 rings (SSSR count). The molecule has 104 valence electrons. The Hall–Kier alpha value is -1.32. The van der Waals surface area contributed by atoms with Gasteiger partial charge in [0, 0.05) is 11.4 Å². The lowest BCUT2D eigenvalue weighted by Crippen LogP contribution is -2.31. The van der Waals surface area contributed by atoms with Gasteiger partial charge in [-0.2, -0.15) is 0 Å². The van der Waals surface area contributed by atoms with E-state index < -0.39 is 0 Å². The number of furan rings is 1. The van der Waals surface area contributed by atoms with Gasteiger partial charge in [0.05, 0.1) is 6.04 Å². The molecule has 3 nitrogen and oxygen atoms in total. The van der Waals surface area contributed by atoms with Crippen molar-refractivity contribution in [3.63, 3.8) is 0 Å². The topological polar surface area (TPSA) is 28.4 Å². The van der Waals surface area contributed by atoms with Crippen LogP contribution in [0.5, 0.6) is 0 Å². The van der Waals surface area contributed by atoms with E-state index in [9.17, 15) is 0 Å². The summed E-state index contributed by atoms with van der Waals surface area (Å²) in [4.78, 5) is 2.21. The number of fused-ring (bicyclic) bond motifs is 1. The number of rotatable bonds is 6. The van der Waals surface area contributed by atoms with E-state index in [0.29, 0.717) is 6.04 Å². The van der Waals surface area contributed by atoms with Gasteiger partial charge >= 0.3 is 0 Å². The number of nitrogens with zero attached hydrogens (tertiary/aromatic N) is 1. The summed E-state index contributed by atoms with van der Waals surface area (Å²) in [5.74, 6) is 1.01. The molecule has 0 saturated heterocycles. The SMILES string of the molecule is CC(CCN(C)C)NC(C)c1cc2ccccc2o1. The smallest absolute Gasteiger partial charge is 0.134 e. The summed E-state index contributed by atoms with van der Waals surface area (Å²) < 4.78 is 5.88. The average Bonchev–Trinajstić information content (AvgIpc) is 2.80. The molecule has 2 aromatic rings. The molecule has 0 fully saturated rings. The van der Waals surface area contributed by atoms with Crippen LogP contribution < -0.4 is 5.32 Å². The maximum atomic E-state index is 5.88. The maximum Gasteiger partial charge on any atom is 0.134 e. The van der Waals surface area contributed by atoms with Gasteiger partial charge in [-0.25, -0.2) is 0 Å². The van der Waals surface area contributed by atoms with Crippen LogP contribution in [0.3, 0.4) is 0 Å². The molecule has 0 aliphatic carbocycles. The molecule has 1 heterocycles. The summed E-state index contributed by atoms with van der Waals surface area (Å²) >= 11 is 0. The van der Waals surface area contributed by atoms with Crippen molar-refractivity contribution in [1.82, 2.24) is 10.2 Å². The molecular weight excluding hydrogens is 236 g/mol. The molecule has 0 aliphatic heterocycles. The second kappa shape index (κ2) is 6.22. The van der Waals surface area contributed by atoms with Crippen molar-refractivity contribution in [2.45, 2.75) is 32.4 Å². The fourth-order valence-corrected chi connectivity index (χ4v) is 2.26. The lowest BCUT2D eigenvalue weighted by Gasteiger charge is -2.20. The summed E-state index contributed by atoms with van der Waals surface area (Å²) in [6, 6.07) is 11.0. The maximum absolute atomic E-state index is 5.88. The first-order chi connectivity index (χ1) is 9.06. The molecule has 0 amide bonds. The molecule has 3 heteroatoms. The van der Waals surface area contributed by atoms with Gasteiger partial charge in [-0.15, -0.1) is 0 Å². The highest BCUT2D eigenvalue weighted by atomic mass is 16.3. The van der Waals surface area contributed by atoms with Crippen LogP contribution in [-0.2, 0) is 0 Å². The first kappa shape index (κ1) is 14.1. The van der Waals surface area contributed by atoms with Crippen LogP contribution in [0.4, 0.5) is 0 Å². The Kier molecular flexibility index (Phi) is 4.61. The fourth-order valence-electron chi connectivity index (χ4n) is 2.26. The number of nitrogens with one attached hydrogen (secondary N) is 1. The molecular formula is C16H24N2O. The van der Waals surface area contributed by atoms with Crippen molar-refractivity contribution < 1.29 is 4.42 Å². The number of hydrogen-bond acceptors (Lipinski definition) is 3. The normalized spacial score (nSPS) is 15.0. The van der Waals surface area contributed by atoms with E-state index in [4.69, 9.17) is 4.42 Å². The van der Waals surface area contributed by atoms with E-state index in [1.54, 1.807) is 0 Å². The van der Waals surface area contributed by atoms with E-state index in [1.807, 2.05) is 18.2 Å². The van der Waals surface area contributed by atoms with Crippen LogP contribution in [0.25, 0.3) is 11.0 Å². The summed E-state index contributed by atoms with van der Waals surface area (Å²) in [7, 11) is 4.21. The van der Waals surface area contributed by atoms with Gasteiger partial charge in [-0.3, -0.25) is 0 Å². The molecule has 0 radical (unpaired) electrons. The largest absolute Gasteiger partial charge is 0.459 e. The number of para-hydroxylation sites is 1. The Balaban J connectivity index is 1.97. The van der Waals surface area contributed by atoms with Crippen molar-refractivity contribution in [2.75, 3.05) is 20.6 Å². The number of hydrogen-bond donors (Lipinski definition) is 1. The quantitative estimate of drug-likeness (QED) is 0.862. The van der Waals surface area contributed by atoms with E-state index in [2.05, 4.69) is 50.3 Å². The van der Waals surface area contributed by atoms with E-state index in [0.717, 1.165) is 24.3 Å². The van der Waals surface area contributed by atoms with Gasteiger partial charge in [0.25, 0.3) is 0 Å². The lowest BCUT2D eigenvalue weighted by molar-refractivity contribution is 0.342. The van der Waals surface area contributed by atoms with Crippen LogP contribution in [0.15, 0.2) is 34.7 Å². The zero-order valence-corrected chi connectivity index (χ0v) is 12.3. The highest BCUT2D eigenvalue weighted by Crippen LogP contribution is 2.23. The molecule has 1 N–H and O–H groups in total. The molecule has 1 aromatic heterocycles. The summed E-state index contributed by atoms with van der Waals surface area (Å²) in [6.07, 6.45) is 1.14. The summed E-state index contributed by atoms with van der Waals surface area (Å²) in [5.41, 5.74) is 0.965. The molecule has 0 saturated carbocycles. The Bertz CT molecular complexity index is 485. The van der Waals surface area contributed by atoms with Gasteiger partial charge in [-0.1, -0.05) is 18.2 Å². The zero-order valence-electron chi connectivity index (χ0n) is 12.3. The predicted octanol–water partition coefficient (Wildman–Crippen LogP) is 3.42. The van der Waals surface area contributed by atoms with E-state index in [1.165, 1.54) is 5.39 Å². The lowest BCUT2D eigenvalue weighted by atomic mass is 10.1. The molecule has 0 bridgehead atoms. The van der Waals surface area contributed by atoms with Gasteiger partial charge in [0.15, 0.2) is 0 Å². The third-order valence-corrected chi connectivity index (χ3v) is 3.42. The Morgan fingerprint density at radius 1 is 1.21 bits per heavy atom. The summed E-state index contributed by atoms with van der Waals surface area (Å²) in [5, 5.41) is 4.77. The summed E-state index contributed by atoms with van der Waals surface area (Å²) in [6.45, 7) is 5.48. The molecule has 0 aliphatic rings. The molecule has 19 heavy (non-hydrogen) atoms. The predicted molar refractivity (Wildman–Crippen MR) is 80.4 cm³/mol. The van der Waals surface area contributed by atoms with E-state index in [-0.39, 0.29) is 6.04 Å². The highest BCUT2D eigenvalue weighted by molar-refractivity contribution is 5.77. The monoisotopic (exact) mass is 260 g/mol. The van der Waals surface area contributed by atoms with Gasteiger partial charge in [0.2, 0.25) is 0 Å². The van der Waals surface area contributed by atoms with Crippen LogP contribution in [0.1, 0.15) is 32.1 Å². The molecule has 0 spiro atoms. The minimum absolute atomic E-state index is 0.240. The minimum Gasteiger partial charge on any atom is -0.459 e. The number of benzene rings is 1. The first-order valence-electron chi connectivity index (χ1n) is 6.95. The molecule has 2 atom stereocenters. The van der Waals surface area contributed by atoms with Crippen molar-refractivity contribution in [3.8, 4) is 0 Å². The van der Waals surface area contributed by atoms with Gasteiger partial charge in [0.1, 0.15) is 11.3 Å². The third kappa shape index (κ3) is 3.82. The molecule has 2 unspecified atom stereocenters. The van der Waals surface area contributed by atoms with Gasteiger partial charge in [-0.05, 0) is 53.0 Å². The van der Waals surface area contributed by atoms with Crippen molar-refractivity contribution >= 4 is 11.0 Å². The zero-order chi connectivity index (χ0) is 13.8. The van der Waals surface area contributed by atoms with Crippen molar-refractivity contribution in [1.29, 1.82) is 0 Å². The van der Waals surface area contributed by atoms with Crippen molar-refractivity contribution in [2.24, 2.45) is 0 Å². The Morgan fingerprint density at radius 2 is 1.95 bits per heavy atom. The van der Waals surface area contributed by atoms with Gasteiger partial charge < -0.3 is 14.6 Å². The minimum atomic E-state index is 0.240. The van der Waals surface area contributed by atoms with Crippen LogP contribution in [0, 0.1) is 0 Å². The Morgan fingerprint density at radius 3 is 2.63 bits per heavy atom. The second-order valence-electron chi connectivity index (χ2n) is 5.57. The average molecular weight is 260 g/mol. The second-order valence-corrected chi connectivity index (χ2v) is 5.57. The first-order valence-corrected chi connectivity index (χ1v) is 6.95. The standard InChI is InChI=1S/C16H24N2O/c1-12(9-10-18(3)4)17-13(2)16-11-14-7-5-6-8-15(14)19-16/h5-8,11-13,17H,9-10H2,1-4H3. The fraction of sp³-hybridized carbons (Fsp3) is 0.500. The van der Waals surface area contributed by atoms with Crippen LogP contribution in [0.2, 0.25) is 0 Å². The molecule has 1 aromatic carbocycles. The highest BCUT2D eigenvalue weighted by Gasteiger charge is 2.13. The van der Waals surface area contributed by atoms with Crippen LogP contribution >= 0.6 is 0 Å².